The number of nitrogens with two attached hydrogens (primary N) is 2. The van der Waals surface area contributed by atoms with E-state index in [1.807, 2.05) is 54.6 Å². The highest BCUT2D eigenvalue weighted by molar-refractivity contribution is 5.94. The Morgan fingerprint density at radius 1 is 0.750 bits per heavy atom. The number of carbonyl (C=O) groups is 7. The average Bonchev–Trinajstić information content (AvgIpc) is 3.98. The van der Waals surface area contributed by atoms with E-state index in [0.717, 1.165) is 27.8 Å². The fraction of sp³-hybridized carbons (Fsp3) is 0.429. The summed E-state index contributed by atoms with van der Waals surface area (Å²) in [5.41, 5.74) is 16.5. The van der Waals surface area contributed by atoms with E-state index in [-0.39, 0.29) is 102 Å². The van der Waals surface area contributed by atoms with Gasteiger partial charge in [0, 0.05) is 25.6 Å². The number of carboxylic acid groups (broad SMARTS) is 1. The Morgan fingerprint density at radius 2 is 1.44 bits per heavy atom. The van der Waals surface area contributed by atoms with Crippen LogP contribution in [0.1, 0.15) is 78.9 Å². The van der Waals surface area contributed by atoms with Crippen LogP contribution in [0.2, 0.25) is 0 Å². The fourth-order valence-corrected chi connectivity index (χ4v) is 8.30. The molecule has 1 aliphatic heterocycles. The van der Waals surface area contributed by atoms with Gasteiger partial charge in [-0.25, -0.2) is 9.48 Å². The van der Waals surface area contributed by atoms with Crippen molar-refractivity contribution in [3.8, 4) is 11.1 Å². The van der Waals surface area contributed by atoms with Crippen molar-refractivity contribution in [3.05, 3.63) is 107 Å². The van der Waals surface area contributed by atoms with Crippen LogP contribution in [-0.2, 0) is 49.4 Å². The Kier molecular flexibility index (Phi) is 20.4. The summed E-state index contributed by atoms with van der Waals surface area (Å²) in [6.07, 6.45) is 1.73. The monoisotopic (exact) mass is 994 g/mol. The van der Waals surface area contributed by atoms with Crippen LogP contribution in [0.4, 0.5) is 4.79 Å². The molecular formula is C49H62N12O11. The number of rotatable bonds is 23. The van der Waals surface area contributed by atoms with E-state index < -0.39 is 72.8 Å². The van der Waals surface area contributed by atoms with Crippen LogP contribution in [0.5, 0.6) is 0 Å². The topological polar surface area (TPSA) is 335 Å². The zero-order valence-electron chi connectivity index (χ0n) is 39.8. The average molecular weight is 995 g/mol. The molecule has 0 radical (unpaired) electrons. The number of nitrogens with one attached hydrogen (secondary N) is 6. The van der Waals surface area contributed by atoms with E-state index in [0.29, 0.717) is 12.8 Å². The number of alkyl carbamates (subject to hydrolysis) is 1. The molecule has 23 heteroatoms. The molecule has 0 saturated carbocycles. The number of benzene rings is 3. The predicted octanol–water partition coefficient (Wildman–Crippen LogP) is 0.705. The number of aliphatic imine (C=N–C) groups is 1. The SMILES string of the molecule is NC(N)=NCCC[C@@H]1NC(=O)[C@H](CCCCNC(=O)COCCOCCNC(=O)OCC2c3ccccc3-c3ccccc32)n2cc(nn2)[C@H](Cc2ccccc2)NC(=O)[C@H](CC(=O)O)NC(=O)CNC1=O. The first-order valence-corrected chi connectivity index (χ1v) is 23.8. The smallest absolute Gasteiger partial charge is 0.407 e. The number of aliphatic carboxylic acids is 1. The van der Waals surface area contributed by atoms with Gasteiger partial charge in [-0.15, -0.1) is 5.10 Å². The van der Waals surface area contributed by atoms with Crippen molar-refractivity contribution in [2.75, 3.05) is 59.2 Å². The van der Waals surface area contributed by atoms with Gasteiger partial charge >= 0.3 is 12.1 Å². The minimum atomic E-state index is -1.51. The molecule has 3 aromatic carbocycles. The van der Waals surface area contributed by atoms with Gasteiger partial charge < -0.3 is 62.7 Å². The number of ether oxygens (including phenoxy) is 3. The zero-order chi connectivity index (χ0) is 51.2. The van der Waals surface area contributed by atoms with Gasteiger partial charge in [0.2, 0.25) is 29.5 Å². The van der Waals surface area contributed by atoms with Crippen molar-refractivity contribution in [3.63, 3.8) is 0 Å². The third-order valence-electron chi connectivity index (χ3n) is 11.8. The highest BCUT2D eigenvalue weighted by Gasteiger charge is 2.33. The number of guanidine groups is 1. The Bertz CT molecular complexity index is 2470. The third-order valence-corrected chi connectivity index (χ3v) is 11.8. The molecule has 1 aliphatic carbocycles. The summed E-state index contributed by atoms with van der Waals surface area (Å²) in [4.78, 5) is 95.0. The van der Waals surface area contributed by atoms with Crippen LogP contribution in [0, 0.1) is 0 Å². The van der Waals surface area contributed by atoms with Crippen molar-refractivity contribution >= 4 is 47.6 Å². The van der Waals surface area contributed by atoms with Crippen molar-refractivity contribution in [1.29, 1.82) is 0 Å². The maximum atomic E-state index is 14.1. The van der Waals surface area contributed by atoms with Crippen molar-refractivity contribution < 1.29 is 52.9 Å². The van der Waals surface area contributed by atoms with Crippen LogP contribution in [0.3, 0.4) is 0 Å². The molecule has 2 bridgehead atoms. The number of carboxylic acids is 1. The van der Waals surface area contributed by atoms with Gasteiger partial charge in [0.05, 0.1) is 45.0 Å². The number of aromatic nitrogens is 3. The fourth-order valence-electron chi connectivity index (χ4n) is 8.30. The molecule has 23 nitrogen and oxygen atoms in total. The summed E-state index contributed by atoms with van der Waals surface area (Å²) < 4.78 is 17.9. The molecule has 0 unspecified atom stereocenters. The largest absolute Gasteiger partial charge is 0.481 e. The molecule has 6 rings (SSSR count). The molecule has 1 aromatic heterocycles. The van der Waals surface area contributed by atoms with Crippen LogP contribution in [-0.4, -0.2) is 139 Å². The Balaban J connectivity index is 0.976. The summed E-state index contributed by atoms with van der Waals surface area (Å²) >= 11 is 0. The molecule has 0 spiro atoms. The number of hydrogen-bond acceptors (Lipinski definition) is 13. The van der Waals surface area contributed by atoms with Gasteiger partial charge in [-0.1, -0.05) is 84.1 Å². The number of amides is 6. The Hall–Kier alpha value is -7.92. The lowest BCUT2D eigenvalue weighted by molar-refractivity contribution is -0.141. The van der Waals surface area contributed by atoms with Gasteiger partial charge in [-0.3, -0.25) is 33.8 Å². The van der Waals surface area contributed by atoms with Crippen LogP contribution in [0.25, 0.3) is 11.1 Å². The molecule has 4 aromatic rings. The molecular weight excluding hydrogens is 933 g/mol. The molecule has 4 atom stereocenters. The van der Waals surface area contributed by atoms with E-state index >= 15 is 0 Å². The molecule has 2 heterocycles. The second kappa shape index (κ2) is 27.5. The number of carbonyl (C=O) groups excluding carboxylic acids is 6. The summed E-state index contributed by atoms with van der Waals surface area (Å²) in [5.74, 6) is -4.89. The number of fused-ring (bicyclic) bond motifs is 5. The van der Waals surface area contributed by atoms with Gasteiger partial charge in [-0.05, 0) is 66.3 Å². The first-order chi connectivity index (χ1) is 34.9. The first kappa shape index (κ1) is 53.4. The standard InChI is InChI=1S/C49H62N12O11/c50-48(51)53-20-10-17-37-45(66)55-27-42(62)56-39(26-44(64)65)46(67)58-38(25-31-11-2-1-3-12-31)40-28-61(60-59-40)41(47(68)57-37)18-8-9-19-52-43(63)30-71-24-23-70-22-21-54-49(69)72-29-36-34-15-6-4-13-32(34)33-14-5-7-16-35(33)36/h1-7,11-16,28,36-39,41H,8-10,17-27,29-30H2,(H,52,63)(H,54,69)(H,55,66)(H,56,62)(H,57,68)(H,58,67)(H,64,65)(H4,50,51,53)/t37-,38-,39-,41-/m0/s1. The second-order valence-corrected chi connectivity index (χ2v) is 17.1. The van der Waals surface area contributed by atoms with Gasteiger partial charge in [0.25, 0.3) is 0 Å². The zero-order valence-corrected chi connectivity index (χ0v) is 39.8. The lowest BCUT2D eigenvalue weighted by Crippen LogP contribution is -2.53. The predicted molar refractivity (Wildman–Crippen MR) is 261 cm³/mol. The first-order valence-electron chi connectivity index (χ1n) is 23.8. The molecule has 384 valence electrons. The highest BCUT2D eigenvalue weighted by atomic mass is 16.6. The summed E-state index contributed by atoms with van der Waals surface area (Å²) in [6.45, 7) is 0.491. The lowest BCUT2D eigenvalue weighted by atomic mass is 9.98. The van der Waals surface area contributed by atoms with E-state index in [1.54, 1.807) is 0 Å². The van der Waals surface area contributed by atoms with Gasteiger partial charge in [-0.2, -0.15) is 0 Å². The van der Waals surface area contributed by atoms with Crippen molar-refractivity contribution in [1.82, 2.24) is 46.9 Å². The molecule has 0 saturated heterocycles. The Morgan fingerprint density at radius 3 is 2.17 bits per heavy atom. The molecule has 2 aliphatic rings. The highest BCUT2D eigenvalue weighted by Crippen LogP contribution is 2.44. The van der Waals surface area contributed by atoms with Crippen LogP contribution in [0.15, 0.2) is 90.1 Å². The van der Waals surface area contributed by atoms with Crippen molar-refractivity contribution in [2.24, 2.45) is 16.5 Å². The molecule has 11 N–H and O–H groups in total. The minimum Gasteiger partial charge on any atom is -0.481 e. The van der Waals surface area contributed by atoms with Crippen LogP contribution < -0.4 is 43.4 Å². The minimum absolute atomic E-state index is 0.0461. The summed E-state index contributed by atoms with van der Waals surface area (Å²) in [5, 5.41) is 34.1. The van der Waals surface area contributed by atoms with Crippen molar-refractivity contribution in [2.45, 2.75) is 75.0 Å². The third kappa shape index (κ3) is 16.3. The molecule has 6 amide bonds. The van der Waals surface area contributed by atoms with Gasteiger partial charge in [0.1, 0.15) is 37.0 Å². The number of nitrogens with zero attached hydrogens (tertiary/aromatic N) is 4. The normalized spacial score (nSPS) is 18.1. The van der Waals surface area contributed by atoms with E-state index in [4.69, 9.17) is 25.7 Å². The van der Waals surface area contributed by atoms with E-state index in [2.05, 4.69) is 71.5 Å². The van der Waals surface area contributed by atoms with E-state index in [9.17, 15) is 38.7 Å². The van der Waals surface area contributed by atoms with E-state index in [1.165, 1.54) is 10.9 Å². The maximum absolute atomic E-state index is 14.1. The number of unbranched alkanes of at least 4 members (excludes halogenated alkanes) is 1. The Labute approximate surface area is 415 Å². The quantitative estimate of drug-likeness (QED) is 0.0281. The maximum Gasteiger partial charge on any atom is 0.407 e. The summed E-state index contributed by atoms with van der Waals surface area (Å²) in [6, 6.07) is 20.7. The molecule has 0 fully saturated rings. The lowest BCUT2D eigenvalue weighted by Gasteiger charge is -2.24. The van der Waals surface area contributed by atoms with Gasteiger partial charge in [0.15, 0.2) is 5.96 Å². The summed E-state index contributed by atoms with van der Waals surface area (Å²) in [7, 11) is 0. The van der Waals surface area contributed by atoms with Crippen LogP contribution >= 0.6 is 0 Å². The number of hydrogen-bond donors (Lipinski definition) is 9. The second-order valence-electron chi connectivity index (χ2n) is 17.1. The molecule has 72 heavy (non-hydrogen) atoms.